The van der Waals surface area contributed by atoms with Crippen LogP contribution in [0.3, 0.4) is 0 Å². The van der Waals surface area contributed by atoms with E-state index in [2.05, 4.69) is 107 Å². The Bertz CT molecular complexity index is 1530. The Labute approximate surface area is 230 Å². The summed E-state index contributed by atoms with van der Waals surface area (Å²) in [4.78, 5) is 9.90. The van der Waals surface area contributed by atoms with Crippen LogP contribution in [-0.4, -0.2) is 28.3 Å². The van der Waals surface area contributed by atoms with Crippen LogP contribution < -0.4 is 5.46 Å². The molecule has 0 radical (unpaired) electrons. The number of benzene rings is 4. The Balaban J connectivity index is 1.33. The zero-order valence-corrected chi connectivity index (χ0v) is 22.8. The average Bonchev–Trinajstić information content (AvgIpc) is 3.20. The summed E-state index contributed by atoms with van der Waals surface area (Å²) in [6.07, 6.45) is 0. The molecule has 0 spiro atoms. The van der Waals surface area contributed by atoms with E-state index in [9.17, 15) is 0 Å². The summed E-state index contributed by atoms with van der Waals surface area (Å²) >= 11 is 0. The molecular formula is C34H31BN2O2. The van der Waals surface area contributed by atoms with Crippen LogP contribution >= 0.6 is 0 Å². The Morgan fingerprint density at radius 3 is 1.51 bits per heavy atom. The highest BCUT2D eigenvalue weighted by Gasteiger charge is 2.51. The molecule has 39 heavy (non-hydrogen) atoms. The highest BCUT2D eigenvalue weighted by Crippen LogP contribution is 2.37. The van der Waals surface area contributed by atoms with Gasteiger partial charge in [0.05, 0.1) is 22.6 Å². The Morgan fingerprint density at radius 1 is 0.487 bits per heavy atom. The second kappa shape index (κ2) is 9.92. The summed E-state index contributed by atoms with van der Waals surface area (Å²) in [7, 11) is -0.389. The van der Waals surface area contributed by atoms with Gasteiger partial charge in [0.1, 0.15) is 0 Å². The molecule has 5 aromatic rings. The van der Waals surface area contributed by atoms with Gasteiger partial charge in [-0.15, -0.1) is 0 Å². The van der Waals surface area contributed by atoms with Crippen LogP contribution in [0.1, 0.15) is 27.7 Å². The second-order valence-electron chi connectivity index (χ2n) is 11.0. The highest BCUT2D eigenvalue weighted by molar-refractivity contribution is 6.62. The van der Waals surface area contributed by atoms with E-state index < -0.39 is 0 Å². The summed E-state index contributed by atoms with van der Waals surface area (Å²) in [6, 6.07) is 39.4. The molecule has 5 heteroatoms. The molecule has 0 N–H and O–H groups in total. The molecule has 1 saturated heterocycles. The van der Waals surface area contributed by atoms with Crippen LogP contribution in [0.15, 0.2) is 115 Å². The largest absolute Gasteiger partial charge is 0.494 e. The van der Waals surface area contributed by atoms with E-state index >= 15 is 0 Å². The van der Waals surface area contributed by atoms with Gasteiger partial charge in [0, 0.05) is 16.7 Å². The lowest BCUT2D eigenvalue weighted by molar-refractivity contribution is 0.00578. The molecule has 1 aliphatic rings. The molecule has 0 aliphatic carbocycles. The lowest BCUT2D eigenvalue weighted by Gasteiger charge is -2.32. The van der Waals surface area contributed by atoms with Crippen LogP contribution in [0, 0.1) is 0 Å². The van der Waals surface area contributed by atoms with Crippen LogP contribution in [-0.2, 0) is 9.31 Å². The zero-order chi connectivity index (χ0) is 27.0. The number of nitrogens with zero attached hydrogens (tertiary/aromatic N) is 2. The molecule has 1 aliphatic heterocycles. The molecule has 0 bridgehead atoms. The van der Waals surface area contributed by atoms with Gasteiger partial charge < -0.3 is 9.31 Å². The molecule has 0 amide bonds. The van der Waals surface area contributed by atoms with Gasteiger partial charge in [-0.05, 0) is 50.4 Å². The van der Waals surface area contributed by atoms with Gasteiger partial charge in [-0.1, -0.05) is 109 Å². The first-order valence-corrected chi connectivity index (χ1v) is 13.4. The van der Waals surface area contributed by atoms with Gasteiger partial charge in [0.25, 0.3) is 0 Å². The van der Waals surface area contributed by atoms with Crippen molar-refractivity contribution in [1.82, 2.24) is 9.97 Å². The molecule has 0 unspecified atom stereocenters. The number of aromatic nitrogens is 2. The average molecular weight is 510 g/mol. The number of rotatable bonds is 5. The van der Waals surface area contributed by atoms with Crippen LogP contribution in [0.4, 0.5) is 0 Å². The summed E-state index contributed by atoms with van der Waals surface area (Å²) in [5, 5.41) is 0. The van der Waals surface area contributed by atoms with E-state index in [0.717, 1.165) is 44.7 Å². The van der Waals surface area contributed by atoms with Crippen molar-refractivity contribution < 1.29 is 9.31 Å². The van der Waals surface area contributed by atoms with E-state index in [1.54, 1.807) is 0 Å². The Kier molecular flexibility index (Phi) is 6.42. The third kappa shape index (κ3) is 5.03. The molecular weight excluding hydrogens is 479 g/mol. The van der Waals surface area contributed by atoms with Crippen molar-refractivity contribution in [3.05, 3.63) is 115 Å². The van der Waals surface area contributed by atoms with Crippen molar-refractivity contribution in [1.29, 1.82) is 0 Å². The quantitative estimate of drug-likeness (QED) is 0.231. The highest BCUT2D eigenvalue weighted by atomic mass is 16.7. The summed E-state index contributed by atoms with van der Waals surface area (Å²) in [6.45, 7) is 8.31. The van der Waals surface area contributed by atoms with Crippen molar-refractivity contribution in [2.75, 3.05) is 0 Å². The maximum atomic E-state index is 6.27. The van der Waals surface area contributed by atoms with Gasteiger partial charge in [-0.3, -0.25) is 0 Å². The zero-order valence-electron chi connectivity index (χ0n) is 22.8. The molecule has 0 atom stereocenters. The molecule has 0 saturated carbocycles. The van der Waals surface area contributed by atoms with Crippen molar-refractivity contribution in [3.63, 3.8) is 0 Å². The predicted octanol–water partition coefficient (Wildman–Crippen LogP) is 7.44. The summed E-state index contributed by atoms with van der Waals surface area (Å²) < 4.78 is 12.5. The monoisotopic (exact) mass is 510 g/mol. The molecule has 1 fully saturated rings. The fraction of sp³-hybridized carbons (Fsp3) is 0.176. The van der Waals surface area contributed by atoms with Gasteiger partial charge in [0.2, 0.25) is 0 Å². The third-order valence-electron chi connectivity index (χ3n) is 7.75. The molecule has 4 aromatic carbocycles. The van der Waals surface area contributed by atoms with Crippen LogP contribution in [0.5, 0.6) is 0 Å². The van der Waals surface area contributed by atoms with Crippen molar-refractivity contribution >= 4 is 12.6 Å². The molecule has 6 rings (SSSR count). The molecule has 4 nitrogen and oxygen atoms in total. The summed E-state index contributed by atoms with van der Waals surface area (Å²) in [5.74, 6) is 0.702. The normalized spacial score (nSPS) is 15.8. The minimum atomic E-state index is -0.389. The smallest absolute Gasteiger partial charge is 0.399 e. The van der Waals surface area contributed by atoms with E-state index in [1.807, 2.05) is 36.4 Å². The second-order valence-corrected chi connectivity index (χ2v) is 11.0. The number of hydrogen-bond donors (Lipinski definition) is 0. The van der Waals surface area contributed by atoms with Gasteiger partial charge in [-0.25, -0.2) is 9.97 Å². The molecule has 192 valence electrons. The van der Waals surface area contributed by atoms with Crippen molar-refractivity contribution in [2.24, 2.45) is 0 Å². The third-order valence-corrected chi connectivity index (χ3v) is 7.75. The summed E-state index contributed by atoms with van der Waals surface area (Å²) in [5.41, 5.74) is 7.39. The van der Waals surface area contributed by atoms with E-state index in [0.29, 0.717) is 5.82 Å². The first-order valence-electron chi connectivity index (χ1n) is 13.4. The van der Waals surface area contributed by atoms with Crippen LogP contribution in [0.25, 0.3) is 45.0 Å². The molecule has 1 aromatic heterocycles. The minimum Gasteiger partial charge on any atom is -0.399 e. The first kappa shape index (κ1) is 25.2. The lowest BCUT2D eigenvalue weighted by Crippen LogP contribution is -2.41. The Hall–Kier alpha value is -4.06. The van der Waals surface area contributed by atoms with E-state index in [4.69, 9.17) is 19.3 Å². The fourth-order valence-electron chi connectivity index (χ4n) is 4.75. The predicted molar refractivity (Wildman–Crippen MR) is 159 cm³/mol. The van der Waals surface area contributed by atoms with E-state index in [1.165, 1.54) is 0 Å². The standard InChI is InChI=1S/C34H31BN2O2/c1-33(2)34(3,4)39-35(38-33)29-17-11-16-28(22-29)24-18-20-27(21-19-24)32-36-30(25-12-7-5-8-13-25)23-31(37-32)26-14-9-6-10-15-26/h5-23H,1-4H3. The van der Waals surface area contributed by atoms with E-state index in [-0.39, 0.29) is 18.3 Å². The molecule has 2 heterocycles. The topological polar surface area (TPSA) is 44.2 Å². The SMILES string of the molecule is CC1(C)OB(c2cccc(-c3ccc(-c4nc(-c5ccccc5)cc(-c5ccccc5)n4)cc3)c2)OC1(C)C. The van der Waals surface area contributed by atoms with Crippen molar-refractivity contribution in [3.8, 4) is 45.0 Å². The van der Waals surface area contributed by atoms with Crippen LogP contribution in [0.2, 0.25) is 0 Å². The minimum absolute atomic E-state index is 0.373. The maximum Gasteiger partial charge on any atom is 0.494 e. The first-order chi connectivity index (χ1) is 18.8. The van der Waals surface area contributed by atoms with Gasteiger partial charge in [-0.2, -0.15) is 0 Å². The maximum absolute atomic E-state index is 6.27. The lowest BCUT2D eigenvalue weighted by atomic mass is 9.78. The van der Waals surface area contributed by atoms with Gasteiger partial charge in [0.15, 0.2) is 5.82 Å². The van der Waals surface area contributed by atoms with Gasteiger partial charge >= 0.3 is 7.12 Å². The number of hydrogen-bond acceptors (Lipinski definition) is 4. The fourth-order valence-corrected chi connectivity index (χ4v) is 4.75. The van der Waals surface area contributed by atoms with Crippen molar-refractivity contribution in [2.45, 2.75) is 38.9 Å². The Morgan fingerprint density at radius 2 is 0.974 bits per heavy atom.